The first kappa shape index (κ1) is 13.0. The molecule has 1 aromatic carbocycles. The van der Waals surface area contributed by atoms with E-state index in [1.807, 2.05) is 58.9 Å². The Morgan fingerprint density at radius 2 is 1.69 bits per heavy atom. The van der Waals surface area contributed by atoms with Crippen molar-refractivity contribution in [1.29, 1.82) is 0 Å². The Kier molecular flexibility index (Phi) is 3.98. The summed E-state index contributed by atoms with van der Waals surface area (Å²) in [6, 6.07) is 7.70. The predicted molar refractivity (Wildman–Crippen MR) is 66.6 cm³/mol. The van der Waals surface area contributed by atoms with E-state index in [2.05, 4.69) is 0 Å². The average Bonchev–Trinajstić information content (AvgIpc) is 2.17. The molecule has 0 aromatic heterocycles. The fourth-order valence-electron chi connectivity index (χ4n) is 1.55. The van der Waals surface area contributed by atoms with Crippen molar-refractivity contribution in [2.45, 2.75) is 46.3 Å². The molecule has 0 aliphatic heterocycles. The Balaban J connectivity index is 3.12. The number of para-hydroxylation sites is 1. The molecule has 1 aromatic rings. The molecule has 0 unspecified atom stereocenters. The summed E-state index contributed by atoms with van der Waals surface area (Å²) in [4.78, 5) is 0. The SMILES string of the molecule is CC(C)Oc1ccccc1[C@@](C)(O)C(C)C. The molecule has 0 spiro atoms. The highest BCUT2D eigenvalue weighted by Gasteiger charge is 2.30. The van der Waals surface area contributed by atoms with E-state index in [1.165, 1.54) is 0 Å². The summed E-state index contributed by atoms with van der Waals surface area (Å²) < 4.78 is 5.72. The van der Waals surface area contributed by atoms with Gasteiger partial charge in [-0.15, -0.1) is 0 Å². The minimum atomic E-state index is -0.856. The number of benzene rings is 1. The second-order valence-electron chi connectivity index (χ2n) is 4.96. The van der Waals surface area contributed by atoms with Crippen molar-refractivity contribution in [1.82, 2.24) is 0 Å². The lowest BCUT2D eigenvalue weighted by molar-refractivity contribution is 0.00572. The first-order valence-corrected chi connectivity index (χ1v) is 5.84. The van der Waals surface area contributed by atoms with Gasteiger partial charge in [0.15, 0.2) is 0 Å². The van der Waals surface area contributed by atoms with Crippen LogP contribution in [0.2, 0.25) is 0 Å². The summed E-state index contributed by atoms with van der Waals surface area (Å²) in [5.41, 5.74) is 0.00424. The zero-order valence-corrected chi connectivity index (χ0v) is 10.8. The van der Waals surface area contributed by atoms with Gasteiger partial charge in [0.05, 0.1) is 11.7 Å². The van der Waals surface area contributed by atoms with Crippen LogP contribution in [-0.2, 0) is 5.60 Å². The fourth-order valence-corrected chi connectivity index (χ4v) is 1.55. The quantitative estimate of drug-likeness (QED) is 0.846. The maximum Gasteiger partial charge on any atom is 0.125 e. The third-order valence-corrected chi connectivity index (χ3v) is 2.92. The molecule has 2 heteroatoms. The number of hydrogen-bond donors (Lipinski definition) is 1. The topological polar surface area (TPSA) is 29.5 Å². The third-order valence-electron chi connectivity index (χ3n) is 2.92. The van der Waals surface area contributed by atoms with Crippen LogP contribution < -0.4 is 4.74 Å². The molecule has 0 amide bonds. The summed E-state index contributed by atoms with van der Waals surface area (Å²) >= 11 is 0. The van der Waals surface area contributed by atoms with Crippen LogP contribution in [0.3, 0.4) is 0 Å². The molecule has 1 rings (SSSR count). The monoisotopic (exact) mass is 222 g/mol. The van der Waals surface area contributed by atoms with Crippen molar-refractivity contribution >= 4 is 0 Å². The Morgan fingerprint density at radius 1 is 1.12 bits per heavy atom. The summed E-state index contributed by atoms with van der Waals surface area (Å²) in [7, 11) is 0. The number of ether oxygens (including phenoxy) is 1. The fraction of sp³-hybridized carbons (Fsp3) is 0.571. The van der Waals surface area contributed by atoms with Crippen molar-refractivity contribution in [3.05, 3.63) is 29.8 Å². The van der Waals surface area contributed by atoms with Crippen molar-refractivity contribution in [2.24, 2.45) is 5.92 Å². The van der Waals surface area contributed by atoms with Crippen LogP contribution in [0.1, 0.15) is 40.2 Å². The minimum Gasteiger partial charge on any atom is -0.491 e. The molecule has 2 nitrogen and oxygen atoms in total. The Morgan fingerprint density at radius 3 is 2.19 bits per heavy atom. The molecule has 0 saturated heterocycles. The lowest BCUT2D eigenvalue weighted by atomic mass is 9.85. The van der Waals surface area contributed by atoms with E-state index in [0.29, 0.717) is 0 Å². The molecule has 0 fully saturated rings. The van der Waals surface area contributed by atoms with Gasteiger partial charge in [-0.3, -0.25) is 0 Å². The third kappa shape index (κ3) is 2.76. The standard InChI is InChI=1S/C14H22O2/c1-10(2)14(5,15)12-8-6-7-9-13(12)16-11(3)4/h6-11,15H,1-5H3/t14-/m0/s1. The van der Waals surface area contributed by atoms with E-state index in [4.69, 9.17) is 4.74 Å². The van der Waals surface area contributed by atoms with Gasteiger partial charge < -0.3 is 9.84 Å². The van der Waals surface area contributed by atoms with Gasteiger partial charge in [0.2, 0.25) is 0 Å². The van der Waals surface area contributed by atoms with Crippen LogP contribution in [-0.4, -0.2) is 11.2 Å². The largest absolute Gasteiger partial charge is 0.491 e. The van der Waals surface area contributed by atoms with Crippen LogP contribution in [0.25, 0.3) is 0 Å². The summed E-state index contributed by atoms with van der Waals surface area (Å²) in [6.07, 6.45) is 0.115. The number of hydrogen-bond acceptors (Lipinski definition) is 2. The van der Waals surface area contributed by atoms with Crippen LogP contribution in [0, 0.1) is 5.92 Å². The molecule has 0 saturated carbocycles. The molecule has 0 aliphatic carbocycles. The van der Waals surface area contributed by atoms with Gasteiger partial charge >= 0.3 is 0 Å². The first-order valence-electron chi connectivity index (χ1n) is 5.84. The molecule has 1 atom stereocenters. The molecule has 16 heavy (non-hydrogen) atoms. The van der Waals surface area contributed by atoms with Crippen molar-refractivity contribution < 1.29 is 9.84 Å². The normalized spacial score (nSPS) is 15.2. The lowest BCUT2D eigenvalue weighted by Gasteiger charge is -2.30. The first-order chi connectivity index (χ1) is 7.35. The highest BCUT2D eigenvalue weighted by atomic mass is 16.5. The second kappa shape index (κ2) is 4.88. The van der Waals surface area contributed by atoms with Gasteiger partial charge in [0.1, 0.15) is 5.75 Å². The molecule has 90 valence electrons. The van der Waals surface area contributed by atoms with E-state index < -0.39 is 5.60 Å². The maximum absolute atomic E-state index is 10.5. The van der Waals surface area contributed by atoms with Crippen LogP contribution in [0.4, 0.5) is 0 Å². The molecule has 0 heterocycles. The smallest absolute Gasteiger partial charge is 0.125 e. The van der Waals surface area contributed by atoms with Gasteiger partial charge in [-0.05, 0) is 32.8 Å². The molecular weight excluding hydrogens is 200 g/mol. The summed E-state index contributed by atoms with van der Waals surface area (Å²) in [6.45, 7) is 9.82. The molecule has 1 N–H and O–H groups in total. The van der Waals surface area contributed by atoms with Crippen molar-refractivity contribution in [3.63, 3.8) is 0 Å². The van der Waals surface area contributed by atoms with E-state index in [1.54, 1.807) is 0 Å². The van der Waals surface area contributed by atoms with Crippen LogP contribution in [0.5, 0.6) is 5.75 Å². The number of rotatable bonds is 4. The minimum absolute atomic E-state index is 0.115. The molecule has 0 radical (unpaired) electrons. The van der Waals surface area contributed by atoms with Crippen LogP contribution in [0.15, 0.2) is 24.3 Å². The van der Waals surface area contributed by atoms with Crippen molar-refractivity contribution in [3.8, 4) is 5.75 Å². The Bertz CT molecular complexity index is 340. The zero-order chi connectivity index (χ0) is 12.3. The lowest BCUT2D eigenvalue weighted by Crippen LogP contribution is -2.29. The van der Waals surface area contributed by atoms with Crippen molar-refractivity contribution in [2.75, 3.05) is 0 Å². The highest BCUT2D eigenvalue weighted by molar-refractivity contribution is 5.38. The van der Waals surface area contributed by atoms with Crippen LogP contribution >= 0.6 is 0 Å². The summed E-state index contributed by atoms with van der Waals surface area (Å²) in [5, 5.41) is 10.5. The van der Waals surface area contributed by atoms with Gasteiger partial charge in [-0.1, -0.05) is 32.0 Å². The van der Waals surface area contributed by atoms with E-state index in [9.17, 15) is 5.11 Å². The Hall–Kier alpha value is -1.02. The van der Waals surface area contributed by atoms with Gasteiger partial charge in [0.25, 0.3) is 0 Å². The molecule has 0 aliphatic rings. The zero-order valence-electron chi connectivity index (χ0n) is 10.8. The van der Waals surface area contributed by atoms with E-state index >= 15 is 0 Å². The average molecular weight is 222 g/mol. The second-order valence-corrected chi connectivity index (χ2v) is 4.96. The molecular formula is C14H22O2. The maximum atomic E-state index is 10.5. The van der Waals surface area contributed by atoms with E-state index in [0.717, 1.165) is 11.3 Å². The highest BCUT2D eigenvalue weighted by Crippen LogP contribution is 2.35. The molecule has 0 bridgehead atoms. The summed E-state index contributed by atoms with van der Waals surface area (Å²) in [5.74, 6) is 0.917. The number of aliphatic hydroxyl groups is 1. The van der Waals surface area contributed by atoms with Gasteiger partial charge in [0, 0.05) is 5.56 Å². The van der Waals surface area contributed by atoms with E-state index in [-0.39, 0.29) is 12.0 Å². The predicted octanol–water partition coefficient (Wildman–Crippen LogP) is 3.34. The van der Waals surface area contributed by atoms with Gasteiger partial charge in [-0.25, -0.2) is 0 Å². The van der Waals surface area contributed by atoms with Gasteiger partial charge in [-0.2, -0.15) is 0 Å². The Labute approximate surface area is 98.3 Å².